The topological polar surface area (TPSA) is 3.24 Å². The maximum Gasteiger partial charge on any atom is 0.0234 e. The van der Waals surface area contributed by atoms with Gasteiger partial charge in [0.15, 0.2) is 0 Å². The summed E-state index contributed by atoms with van der Waals surface area (Å²) in [6, 6.07) is 9.41. The van der Waals surface area contributed by atoms with Crippen LogP contribution in [-0.4, -0.2) is 18.0 Å². The number of hydrogen-bond donors (Lipinski definition) is 0. The molecule has 76 valence electrons. The van der Waals surface area contributed by atoms with Crippen LogP contribution in [0.1, 0.15) is 24.8 Å². The molecule has 0 saturated heterocycles. The molecule has 1 aliphatic rings. The third-order valence-corrected chi connectivity index (χ3v) is 3.51. The number of halogens is 1. The van der Waals surface area contributed by atoms with Crippen LogP contribution in [-0.2, 0) is 6.54 Å². The van der Waals surface area contributed by atoms with E-state index in [1.165, 1.54) is 29.3 Å². The molecule has 0 radical (unpaired) electrons. The summed E-state index contributed by atoms with van der Waals surface area (Å²) in [4.78, 5) is 2.46. The first-order valence-corrected chi connectivity index (χ1v) is 6.00. The van der Waals surface area contributed by atoms with Gasteiger partial charge in [0, 0.05) is 17.1 Å². The smallest absolute Gasteiger partial charge is 0.0234 e. The highest BCUT2D eigenvalue weighted by molar-refractivity contribution is 9.10. The van der Waals surface area contributed by atoms with Crippen molar-refractivity contribution in [3.63, 3.8) is 0 Å². The van der Waals surface area contributed by atoms with E-state index in [0.717, 1.165) is 12.6 Å². The van der Waals surface area contributed by atoms with Crippen molar-refractivity contribution in [3.05, 3.63) is 34.3 Å². The molecular weight excluding hydrogens is 238 g/mol. The largest absolute Gasteiger partial charge is 0.299 e. The standard InChI is InChI=1S/C12H16BrN/c1-14(12-6-3-7-12)9-10-4-2-5-11(13)8-10/h2,4-5,8,12H,3,6-7,9H2,1H3. The van der Waals surface area contributed by atoms with Crippen LogP contribution >= 0.6 is 15.9 Å². The average Bonchev–Trinajstić information content (AvgIpc) is 1.99. The summed E-state index contributed by atoms with van der Waals surface area (Å²) in [5.41, 5.74) is 1.40. The van der Waals surface area contributed by atoms with Crippen molar-refractivity contribution < 1.29 is 0 Å². The first-order chi connectivity index (χ1) is 6.75. The molecule has 14 heavy (non-hydrogen) atoms. The molecule has 0 aliphatic heterocycles. The highest BCUT2D eigenvalue weighted by atomic mass is 79.9. The van der Waals surface area contributed by atoms with E-state index in [1.807, 2.05) is 0 Å². The van der Waals surface area contributed by atoms with Gasteiger partial charge >= 0.3 is 0 Å². The van der Waals surface area contributed by atoms with Crippen LogP contribution in [0.5, 0.6) is 0 Å². The van der Waals surface area contributed by atoms with Crippen LogP contribution in [0.2, 0.25) is 0 Å². The Labute approximate surface area is 94.2 Å². The van der Waals surface area contributed by atoms with Crippen molar-refractivity contribution in [1.29, 1.82) is 0 Å². The quantitative estimate of drug-likeness (QED) is 0.798. The fraction of sp³-hybridized carbons (Fsp3) is 0.500. The summed E-state index contributed by atoms with van der Waals surface area (Å²) in [6.07, 6.45) is 4.17. The molecule has 0 heterocycles. The number of nitrogens with zero attached hydrogens (tertiary/aromatic N) is 1. The Bertz CT molecular complexity index is 307. The summed E-state index contributed by atoms with van der Waals surface area (Å²) in [5.74, 6) is 0. The second-order valence-electron chi connectivity index (χ2n) is 4.13. The molecule has 2 heteroatoms. The zero-order valence-corrected chi connectivity index (χ0v) is 10.1. The first-order valence-electron chi connectivity index (χ1n) is 5.20. The van der Waals surface area contributed by atoms with Gasteiger partial charge in [-0.3, -0.25) is 4.90 Å². The van der Waals surface area contributed by atoms with Crippen molar-refractivity contribution in [2.45, 2.75) is 31.8 Å². The summed E-state index contributed by atoms with van der Waals surface area (Å²) in [7, 11) is 2.23. The van der Waals surface area contributed by atoms with Crippen LogP contribution < -0.4 is 0 Å². The van der Waals surface area contributed by atoms with Gasteiger partial charge in [0.25, 0.3) is 0 Å². The fourth-order valence-corrected chi connectivity index (χ4v) is 2.33. The van der Waals surface area contributed by atoms with Crippen molar-refractivity contribution in [2.75, 3.05) is 7.05 Å². The van der Waals surface area contributed by atoms with Crippen molar-refractivity contribution >= 4 is 15.9 Å². The van der Waals surface area contributed by atoms with Crippen molar-refractivity contribution in [1.82, 2.24) is 4.90 Å². The molecule has 1 aromatic rings. The monoisotopic (exact) mass is 253 g/mol. The van der Waals surface area contributed by atoms with E-state index in [2.05, 4.69) is 52.1 Å². The molecule has 0 bridgehead atoms. The highest BCUT2D eigenvalue weighted by Crippen LogP contribution is 2.25. The van der Waals surface area contributed by atoms with E-state index < -0.39 is 0 Å². The van der Waals surface area contributed by atoms with Crippen LogP contribution in [0.4, 0.5) is 0 Å². The molecule has 1 saturated carbocycles. The van der Waals surface area contributed by atoms with Crippen molar-refractivity contribution in [3.8, 4) is 0 Å². The van der Waals surface area contributed by atoms with E-state index in [0.29, 0.717) is 0 Å². The van der Waals surface area contributed by atoms with Crippen LogP contribution in [0.15, 0.2) is 28.7 Å². The molecule has 0 atom stereocenters. The maximum absolute atomic E-state index is 3.50. The SMILES string of the molecule is CN(Cc1cccc(Br)c1)C1CCC1. The highest BCUT2D eigenvalue weighted by Gasteiger charge is 2.21. The Kier molecular flexibility index (Phi) is 3.24. The van der Waals surface area contributed by atoms with E-state index in [4.69, 9.17) is 0 Å². The molecule has 1 aliphatic carbocycles. The third-order valence-electron chi connectivity index (χ3n) is 3.02. The van der Waals surface area contributed by atoms with Gasteiger partial charge in [0.1, 0.15) is 0 Å². The molecule has 0 unspecified atom stereocenters. The minimum absolute atomic E-state index is 0.828. The Morgan fingerprint density at radius 3 is 2.79 bits per heavy atom. The summed E-state index contributed by atoms with van der Waals surface area (Å²) >= 11 is 3.50. The normalized spacial score (nSPS) is 17.1. The Hall–Kier alpha value is -0.340. The van der Waals surface area contributed by atoms with Crippen LogP contribution in [0.25, 0.3) is 0 Å². The van der Waals surface area contributed by atoms with Gasteiger partial charge in [-0.1, -0.05) is 34.5 Å². The molecule has 0 N–H and O–H groups in total. The average molecular weight is 254 g/mol. The number of benzene rings is 1. The lowest BCUT2D eigenvalue weighted by Crippen LogP contribution is -2.36. The number of rotatable bonds is 3. The van der Waals surface area contributed by atoms with E-state index in [-0.39, 0.29) is 0 Å². The summed E-state index contributed by atoms with van der Waals surface area (Å²) < 4.78 is 1.18. The zero-order valence-electron chi connectivity index (χ0n) is 8.54. The van der Waals surface area contributed by atoms with Crippen LogP contribution in [0.3, 0.4) is 0 Å². The second-order valence-corrected chi connectivity index (χ2v) is 5.05. The molecular formula is C12H16BrN. The number of hydrogen-bond acceptors (Lipinski definition) is 1. The maximum atomic E-state index is 3.50. The van der Waals surface area contributed by atoms with Crippen LogP contribution in [0, 0.1) is 0 Å². The Morgan fingerprint density at radius 2 is 2.21 bits per heavy atom. The molecule has 0 aromatic heterocycles. The lowest BCUT2D eigenvalue weighted by Gasteiger charge is -2.34. The van der Waals surface area contributed by atoms with Gasteiger partial charge in [-0.05, 0) is 37.6 Å². The molecule has 0 spiro atoms. The minimum Gasteiger partial charge on any atom is -0.299 e. The minimum atomic E-state index is 0.828. The predicted octanol–water partition coefficient (Wildman–Crippen LogP) is 3.43. The second kappa shape index (κ2) is 4.45. The lowest BCUT2D eigenvalue weighted by atomic mass is 9.91. The van der Waals surface area contributed by atoms with E-state index >= 15 is 0 Å². The third kappa shape index (κ3) is 2.37. The zero-order chi connectivity index (χ0) is 9.97. The molecule has 0 amide bonds. The molecule has 2 rings (SSSR count). The van der Waals surface area contributed by atoms with Gasteiger partial charge < -0.3 is 0 Å². The summed E-state index contributed by atoms with van der Waals surface area (Å²) in [5, 5.41) is 0. The Morgan fingerprint density at radius 1 is 1.43 bits per heavy atom. The van der Waals surface area contributed by atoms with E-state index in [1.54, 1.807) is 0 Å². The van der Waals surface area contributed by atoms with Gasteiger partial charge in [-0.25, -0.2) is 0 Å². The fourth-order valence-electron chi connectivity index (χ4n) is 1.88. The van der Waals surface area contributed by atoms with Gasteiger partial charge in [0.2, 0.25) is 0 Å². The van der Waals surface area contributed by atoms with Gasteiger partial charge in [0.05, 0.1) is 0 Å². The van der Waals surface area contributed by atoms with E-state index in [9.17, 15) is 0 Å². The summed E-state index contributed by atoms with van der Waals surface area (Å²) in [6.45, 7) is 1.07. The molecule has 1 aromatic carbocycles. The predicted molar refractivity (Wildman–Crippen MR) is 63.2 cm³/mol. The first kappa shape index (κ1) is 10.2. The Balaban J connectivity index is 1.95. The van der Waals surface area contributed by atoms with Gasteiger partial charge in [-0.15, -0.1) is 0 Å². The lowest BCUT2D eigenvalue weighted by molar-refractivity contribution is 0.152. The van der Waals surface area contributed by atoms with Gasteiger partial charge in [-0.2, -0.15) is 0 Å². The van der Waals surface area contributed by atoms with Crippen molar-refractivity contribution in [2.24, 2.45) is 0 Å². The molecule has 1 fully saturated rings. The molecule has 1 nitrogen and oxygen atoms in total.